The summed E-state index contributed by atoms with van der Waals surface area (Å²) < 4.78 is 0. The molecule has 2 aromatic rings. The number of rotatable bonds is 4. The maximum Gasteiger partial charge on any atom is 0.128 e. The summed E-state index contributed by atoms with van der Waals surface area (Å²) in [6, 6.07) is 9.68. The Kier molecular flexibility index (Phi) is 4.64. The van der Waals surface area contributed by atoms with Crippen LogP contribution in [0.25, 0.3) is 0 Å². The maximum atomic E-state index is 6.00. The van der Waals surface area contributed by atoms with E-state index in [1.807, 2.05) is 42.3 Å². The molecule has 1 aromatic heterocycles. The van der Waals surface area contributed by atoms with Crippen LogP contribution in [0.15, 0.2) is 36.5 Å². The van der Waals surface area contributed by atoms with Gasteiger partial charge in [0.1, 0.15) is 5.82 Å². The van der Waals surface area contributed by atoms with Gasteiger partial charge in [0.25, 0.3) is 0 Å². The molecule has 0 aliphatic carbocycles. The molecule has 0 aliphatic heterocycles. The third kappa shape index (κ3) is 3.60. The minimum atomic E-state index is 0.402. The van der Waals surface area contributed by atoms with Gasteiger partial charge in [0.05, 0.1) is 5.02 Å². The topological polar surface area (TPSA) is 42.1 Å². The number of nitrogens with zero attached hydrogens (tertiary/aromatic N) is 2. The van der Waals surface area contributed by atoms with Crippen LogP contribution in [0.3, 0.4) is 0 Å². The van der Waals surface area contributed by atoms with Gasteiger partial charge in [-0.1, -0.05) is 35.3 Å². The highest BCUT2D eigenvalue weighted by molar-refractivity contribution is 6.31. The number of nitrogens with two attached hydrogens (primary N) is 1. The molecule has 0 saturated carbocycles. The molecule has 0 fully saturated rings. The Labute approximate surface area is 123 Å². The average molecular weight is 296 g/mol. The Bertz CT molecular complexity index is 572. The van der Waals surface area contributed by atoms with E-state index in [2.05, 4.69) is 4.98 Å². The van der Waals surface area contributed by atoms with Crippen molar-refractivity contribution >= 4 is 29.0 Å². The third-order valence-corrected chi connectivity index (χ3v) is 3.42. The van der Waals surface area contributed by atoms with Gasteiger partial charge in [0.2, 0.25) is 0 Å². The van der Waals surface area contributed by atoms with E-state index in [9.17, 15) is 0 Å². The van der Waals surface area contributed by atoms with E-state index in [-0.39, 0.29) is 0 Å². The largest absolute Gasteiger partial charge is 0.355 e. The van der Waals surface area contributed by atoms with Gasteiger partial charge in [-0.2, -0.15) is 0 Å². The second-order valence-electron chi connectivity index (χ2n) is 4.32. The van der Waals surface area contributed by atoms with Crippen LogP contribution in [0.4, 0.5) is 5.82 Å². The third-order valence-electron chi connectivity index (χ3n) is 2.84. The van der Waals surface area contributed by atoms with Gasteiger partial charge < -0.3 is 10.6 Å². The van der Waals surface area contributed by atoms with Crippen molar-refractivity contribution in [3.8, 4) is 0 Å². The van der Waals surface area contributed by atoms with Crippen LogP contribution in [-0.4, -0.2) is 12.0 Å². The first-order chi connectivity index (χ1) is 9.10. The normalized spacial score (nSPS) is 10.5. The lowest BCUT2D eigenvalue weighted by molar-refractivity contribution is 0.892. The molecule has 0 radical (unpaired) electrons. The molecule has 0 saturated heterocycles. The second-order valence-corrected chi connectivity index (χ2v) is 5.17. The van der Waals surface area contributed by atoms with Crippen LogP contribution in [-0.2, 0) is 13.1 Å². The summed E-state index contributed by atoms with van der Waals surface area (Å²) in [5, 5.41) is 1.33. The van der Waals surface area contributed by atoms with Gasteiger partial charge >= 0.3 is 0 Å². The summed E-state index contributed by atoms with van der Waals surface area (Å²) in [5.74, 6) is 0.838. The number of benzene rings is 1. The molecule has 0 amide bonds. The van der Waals surface area contributed by atoms with Crippen molar-refractivity contribution in [3.63, 3.8) is 0 Å². The molecule has 2 rings (SSSR count). The maximum absolute atomic E-state index is 6.00. The SMILES string of the molecule is CN(Cc1cccc(Cl)c1)c1cc(CN)c(Cl)cn1. The van der Waals surface area contributed by atoms with Crippen LogP contribution in [0.1, 0.15) is 11.1 Å². The predicted molar refractivity (Wildman–Crippen MR) is 80.7 cm³/mol. The standard InChI is InChI=1S/C14H15Cl2N3/c1-19(9-10-3-2-4-12(15)5-10)14-6-11(7-17)13(16)8-18-14/h2-6,8H,7,9,17H2,1H3. The van der Waals surface area contributed by atoms with E-state index in [1.165, 1.54) is 0 Å². The lowest BCUT2D eigenvalue weighted by Gasteiger charge is -2.19. The first-order valence-electron chi connectivity index (χ1n) is 5.90. The fourth-order valence-electron chi connectivity index (χ4n) is 1.82. The number of anilines is 1. The first-order valence-corrected chi connectivity index (χ1v) is 6.66. The molecule has 2 N–H and O–H groups in total. The Morgan fingerprint density at radius 3 is 2.74 bits per heavy atom. The quantitative estimate of drug-likeness (QED) is 0.939. The number of hydrogen-bond acceptors (Lipinski definition) is 3. The van der Waals surface area contributed by atoms with Gasteiger partial charge in [-0.3, -0.25) is 0 Å². The van der Waals surface area contributed by atoms with Crippen LogP contribution in [0, 0.1) is 0 Å². The monoisotopic (exact) mass is 295 g/mol. The van der Waals surface area contributed by atoms with Crippen molar-refractivity contribution in [2.45, 2.75) is 13.1 Å². The molecular formula is C14H15Cl2N3. The number of hydrogen-bond donors (Lipinski definition) is 1. The molecule has 19 heavy (non-hydrogen) atoms. The van der Waals surface area contributed by atoms with Crippen LogP contribution < -0.4 is 10.6 Å². The Hall–Kier alpha value is -1.29. The molecule has 3 nitrogen and oxygen atoms in total. The smallest absolute Gasteiger partial charge is 0.128 e. The van der Waals surface area contributed by atoms with Crippen LogP contribution in [0.2, 0.25) is 10.0 Å². The van der Waals surface area contributed by atoms with Gasteiger partial charge in [-0.25, -0.2) is 4.98 Å². The molecule has 0 unspecified atom stereocenters. The first kappa shape index (κ1) is 14.1. The van der Waals surface area contributed by atoms with Gasteiger partial charge in [0, 0.05) is 31.4 Å². The highest BCUT2D eigenvalue weighted by Gasteiger charge is 2.07. The zero-order valence-electron chi connectivity index (χ0n) is 10.6. The lowest BCUT2D eigenvalue weighted by atomic mass is 10.2. The minimum Gasteiger partial charge on any atom is -0.355 e. The predicted octanol–water partition coefficient (Wildman–Crippen LogP) is 3.48. The molecule has 0 aliphatic rings. The molecule has 0 bridgehead atoms. The van der Waals surface area contributed by atoms with Crippen molar-refractivity contribution in [1.29, 1.82) is 0 Å². The highest BCUT2D eigenvalue weighted by atomic mass is 35.5. The Morgan fingerprint density at radius 1 is 1.26 bits per heavy atom. The summed E-state index contributed by atoms with van der Waals surface area (Å²) >= 11 is 12.0. The molecule has 0 atom stereocenters. The summed E-state index contributed by atoms with van der Waals surface area (Å²) in [6.07, 6.45) is 1.63. The zero-order valence-corrected chi connectivity index (χ0v) is 12.1. The average Bonchev–Trinajstić information content (AvgIpc) is 2.39. The molecule has 1 aromatic carbocycles. The van der Waals surface area contributed by atoms with Crippen LogP contribution >= 0.6 is 23.2 Å². The van der Waals surface area contributed by atoms with E-state index in [0.29, 0.717) is 11.6 Å². The number of halogens is 2. The van der Waals surface area contributed by atoms with E-state index in [1.54, 1.807) is 6.20 Å². The highest BCUT2D eigenvalue weighted by Crippen LogP contribution is 2.21. The van der Waals surface area contributed by atoms with Crippen LogP contribution in [0.5, 0.6) is 0 Å². The molecular weight excluding hydrogens is 281 g/mol. The lowest BCUT2D eigenvalue weighted by Crippen LogP contribution is -2.18. The number of aromatic nitrogens is 1. The van der Waals surface area contributed by atoms with Crippen molar-refractivity contribution in [2.24, 2.45) is 5.73 Å². The zero-order chi connectivity index (χ0) is 13.8. The van der Waals surface area contributed by atoms with Gasteiger partial charge in [0.15, 0.2) is 0 Å². The van der Waals surface area contributed by atoms with E-state index < -0.39 is 0 Å². The van der Waals surface area contributed by atoms with Crippen molar-refractivity contribution in [3.05, 3.63) is 57.7 Å². The summed E-state index contributed by atoms with van der Waals surface area (Å²) in [7, 11) is 1.97. The fourth-order valence-corrected chi connectivity index (χ4v) is 2.22. The summed E-state index contributed by atoms with van der Waals surface area (Å²) in [5.41, 5.74) is 7.66. The van der Waals surface area contributed by atoms with Gasteiger partial charge in [-0.15, -0.1) is 0 Å². The van der Waals surface area contributed by atoms with E-state index >= 15 is 0 Å². The second kappa shape index (κ2) is 6.24. The Morgan fingerprint density at radius 2 is 2.05 bits per heavy atom. The van der Waals surface area contributed by atoms with Crippen molar-refractivity contribution < 1.29 is 0 Å². The molecule has 1 heterocycles. The van der Waals surface area contributed by atoms with E-state index in [0.717, 1.165) is 28.5 Å². The van der Waals surface area contributed by atoms with E-state index in [4.69, 9.17) is 28.9 Å². The number of pyridine rings is 1. The summed E-state index contributed by atoms with van der Waals surface area (Å²) in [4.78, 5) is 6.34. The van der Waals surface area contributed by atoms with Gasteiger partial charge in [-0.05, 0) is 29.3 Å². The molecule has 5 heteroatoms. The molecule has 100 valence electrons. The van der Waals surface area contributed by atoms with Crippen molar-refractivity contribution in [1.82, 2.24) is 4.98 Å². The minimum absolute atomic E-state index is 0.402. The molecule has 0 spiro atoms. The fraction of sp³-hybridized carbons (Fsp3) is 0.214. The Balaban J connectivity index is 2.18. The summed E-state index contributed by atoms with van der Waals surface area (Å²) in [6.45, 7) is 1.12. The van der Waals surface area contributed by atoms with Crippen molar-refractivity contribution in [2.75, 3.05) is 11.9 Å².